The van der Waals surface area contributed by atoms with Crippen LogP contribution in [0.25, 0.3) is 10.7 Å². The van der Waals surface area contributed by atoms with Gasteiger partial charge in [-0.2, -0.15) is 0 Å². The summed E-state index contributed by atoms with van der Waals surface area (Å²) in [4.78, 5) is 25.6. The minimum absolute atomic E-state index is 0.203. The Morgan fingerprint density at radius 2 is 1.86 bits per heavy atom. The van der Waals surface area contributed by atoms with E-state index < -0.39 is 0 Å². The first kappa shape index (κ1) is 13.4. The fourth-order valence-electron chi connectivity index (χ4n) is 1.82. The lowest BCUT2D eigenvalue weighted by molar-refractivity contribution is 0.102. The summed E-state index contributed by atoms with van der Waals surface area (Å²) in [5.74, 6) is 0.320. The van der Waals surface area contributed by atoms with Crippen molar-refractivity contribution in [2.45, 2.75) is 6.92 Å². The Hall–Kier alpha value is -2.60. The third-order valence-electron chi connectivity index (χ3n) is 2.79. The molecule has 0 aliphatic heterocycles. The first-order valence-electron chi connectivity index (χ1n) is 6.35. The van der Waals surface area contributed by atoms with Crippen molar-refractivity contribution in [1.82, 2.24) is 15.0 Å². The summed E-state index contributed by atoms with van der Waals surface area (Å²) in [6.07, 6.45) is 3.34. The van der Waals surface area contributed by atoms with Gasteiger partial charge < -0.3 is 5.32 Å². The fraction of sp³-hybridized carbons (Fsp3) is 0.0667. The number of nitrogens with one attached hydrogen (secondary N) is 1. The maximum Gasteiger partial charge on any atom is 0.268 e. The van der Waals surface area contributed by atoms with Crippen LogP contribution in [0.15, 0.2) is 48.8 Å². The standard InChI is InChI=1S/C15H12N4OS/c1-10-13(14(20)19-12-7-3-5-9-17-12)21-15(18-10)11-6-2-4-8-16-11/h2-9H,1H3,(H,17,19,20). The van der Waals surface area contributed by atoms with Crippen LogP contribution < -0.4 is 5.32 Å². The van der Waals surface area contributed by atoms with E-state index in [1.807, 2.05) is 31.2 Å². The van der Waals surface area contributed by atoms with E-state index in [1.165, 1.54) is 11.3 Å². The summed E-state index contributed by atoms with van der Waals surface area (Å²) >= 11 is 1.33. The van der Waals surface area contributed by atoms with Crippen molar-refractivity contribution in [2.75, 3.05) is 5.32 Å². The van der Waals surface area contributed by atoms with E-state index in [4.69, 9.17) is 0 Å². The third kappa shape index (κ3) is 2.95. The van der Waals surface area contributed by atoms with Gasteiger partial charge in [-0.3, -0.25) is 9.78 Å². The van der Waals surface area contributed by atoms with Gasteiger partial charge in [-0.05, 0) is 31.2 Å². The highest BCUT2D eigenvalue weighted by Gasteiger charge is 2.17. The molecule has 3 rings (SSSR count). The van der Waals surface area contributed by atoms with Gasteiger partial charge in [0, 0.05) is 12.4 Å². The lowest BCUT2D eigenvalue weighted by Crippen LogP contribution is -2.12. The van der Waals surface area contributed by atoms with Crippen LogP contribution in [0.4, 0.5) is 5.82 Å². The number of carbonyl (C=O) groups is 1. The zero-order chi connectivity index (χ0) is 14.7. The van der Waals surface area contributed by atoms with Gasteiger partial charge in [0.2, 0.25) is 0 Å². The number of anilines is 1. The minimum atomic E-state index is -0.203. The predicted octanol–water partition coefficient (Wildman–Crippen LogP) is 3.16. The second kappa shape index (κ2) is 5.80. The van der Waals surface area contributed by atoms with Gasteiger partial charge in [-0.15, -0.1) is 11.3 Å². The molecule has 5 nitrogen and oxygen atoms in total. The molecule has 3 aromatic heterocycles. The van der Waals surface area contributed by atoms with E-state index in [0.29, 0.717) is 16.4 Å². The van der Waals surface area contributed by atoms with Crippen molar-refractivity contribution in [3.63, 3.8) is 0 Å². The van der Waals surface area contributed by atoms with Crippen molar-refractivity contribution in [1.29, 1.82) is 0 Å². The van der Waals surface area contributed by atoms with Crippen LogP contribution >= 0.6 is 11.3 Å². The van der Waals surface area contributed by atoms with E-state index >= 15 is 0 Å². The van der Waals surface area contributed by atoms with E-state index in [2.05, 4.69) is 20.3 Å². The molecule has 21 heavy (non-hydrogen) atoms. The molecule has 0 aromatic carbocycles. The van der Waals surface area contributed by atoms with Crippen molar-refractivity contribution < 1.29 is 4.79 Å². The summed E-state index contributed by atoms with van der Waals surface area (Å²) in [7, 11) is 0. The normalized spacial score (nSPS) is 10.3. The van der Waals surface area contributed by atoms with Crippen molar-refractivity contribution >= 4 is 23.1 Å². The Balaban J connectivity index is 1.86. The highest BCUT2D eigenvalue weighted by atomic mass is 32.1. The molecular weight excluding hydrogens is 284 g/mol. The van der Waals surface area contributed by atoms with Crippen LogP contribution in [-0.2, 0) is 0 Å². The molecule has 3 heterocycles. The van der Waals surface area contributed by atoms with Crippen LogP contribution in [0.1, 0.15) is 15.4 Å². The molecule has 0 radical (unpaired) electrons. The average molecular weight is 296 g/mol. The van der Waals surface area contributed by atoms with Crippen LogP contribution in [0.3, 0.4) is 0 Å². The van der Waals surface area contributed by atoms with Gasteiger partial charge in [-0.25, -0.2) is 9.97 Å². The smallest absolute Gasteiger partial charge is 0.268 e. The van der Waals surface area contributed by atoms with Gasteiger partial charge in [0.15, 0.2) is 0 Å². The van der Waals surface area contributed by atoms with Crippen molar-refractivity contribution in [3.8, 4) is 10.7 Å². The Morgan fingerprint density at radius 1 is 1.10 bits per heavy atom. The molecule has 0 saturated heterocycles. The van der Waals surface area contributed by atoms with E-state index in [-0.39, 0.29) is 5.91 Å². The minimum Gasteiger partial charge on any atom is -0.306 e. The molecular formula is C15H12N4OS. The summed E-state index contributed by atoms with van der Waals surface area (Å²) < 4.78 is 0. The Morgan fingerprint density at radius 3 is 2.52 bits per heavy atom. The first-order valence-corrected chi connectivity index (χ1v) is 7.17. The van der Waals surface area contributed by atoms with Crippen LogP contribution in [-0.4, -0.2) is 20.9 Å². The molecule has 0 saturated carbocycles. The Labute approximate surface area is 125 Å². The average Bonchev–Trinajstić information content (AvgIpc) is 2.91. The van der Waals surface area contributed by atoms with Crippen LogP contribution in [0.2, 0.25) is 0 Å². The molecule has 0 atom stereocenters. The maximum atomic E-state index is 12.3. The summed E-state index contributed by atoms with van der Waals surface area (Å²) in [5, 5.41) is 3.50. The molecule has 0 spiro atoms. The van der Waals surface area contributed by atoms with Crippen LogP contribution in [0.5, 0.6) is 0 Å². The summed E-state index contributed by atoms with van der Waals surface area (Å²) in [6.45, 7) is 1.82. The molecule has 0 aliphatic carbocycles. The second-order valence-electron chi connectivity index (χ2n) is 4.32. The number of rotatable bonds is 3. The second-order valence-corrected chi connectivity index (χ2v) is 5.32. The van der Waals surface area contributed by atoms with Crippen LogP contribution in [0, 0.1) is 6.92 Å². The summed E-state index contributed by atoms with van der Waals surface area (Å²) in [6, 6.07) is 11.0. The van der Waals surface area contributed by atoms with Crippen molar-refractivity contribution in [2.24, 2.45) is 0 Å². The number of pyridine rings is 2. The number of carbonyl (C=O) groups excluding carboxylic acids is 1. The molecule has 1 amide bonds. The highest BCUT2D eigenvalue weighted by molar-refractivity contribution is 7.17. The molecule has 1 N–H and O–H groups in total. The quantitative estimate of drug-likeness (QED) is 0.806. The molecule has 0 unspecified atom stereocenters. The number of thiazole rings is 1. The molecule has 3 aromatic rings. The molecule has 0 fully saturated rings. The zero-order valence-corrected chi connectivity index (χ0v) is 12.1. The molecule has 0 aliphatic rings. The Bertz CT molecular complexity index is 756. The number of aryl methyl sites for hydroxylation is 1. The highest BCUT2D eigenvalue weighted by Crippen LogP contribution is 2.26. The SMILES string of the molecule is Cc1nc(-c2ccccn2)sc1C(=O)Nc1ccccn1. The lowest BCUT2D eigenvalue weighted by Gasteiger charge is -2.01. The number of hydrogen-bond acceptors (Lipinski definition) is 5. The Kier molecular flexibility index (Phi) is 3.70. The molecule has 104 valence electrons. The monoisotopic (exact) mass is 296 g/mol. The van der Waals surface area contributed by atoms with Gasteiger partial charge in [-0.1, -0.05) is 12.1 Å². The molecule has 6 heteroatoms. The third-order valence-corrected chi connectivity index (χ3v) is 3.97. The van der Waals surface area contributed by atoms with Gasteiger partial charge in [0.1, 0.15) is 15.7 Å². The zero-order valence-electron chi connectivity index (χ0n) is 11.3. The van der Waals surface area contributed by atoms with E-state index in [0.717, 1.165) is 10.7 Å². The predicted molar refractivity (Wildman–Crippen MR) is 82.3 cm³/mol. The van der Waals surface area contributed by atoms with Gasteiger partial charge in [0.05, 0.1) is 11.4 Å². The maximum absolute atomic E-state index is 12.3. The first-order chi connectivity index (χ1) is 10.2. The topological polar surface area (TPSA) is 67.8 Å². The van der Waals surface area contributed by atoms with Crippen molar-refractivity contribution in [3.05, 3.63) is 59.4 Å². The van der Waals surface area contributed by atoms with Gasteiger partial charge in [0.25, 0.3) is 5.91 Å². The number of amides is 1. The lowest BCUT2D eigenvalue weighted by atomic mass is 10.3. The largest absolute Gasteiger partial charge is 0.306 e. The number of aromatic nitrogens is 3. The fourth-order valence-corrected chi connectivity index (χ4v) is 2.75. The molecule has 0 bridgehead atoms. The number of nitrogens with zero attached hydrogens (tertiary/aromatic N) is 3. The summed E-state index contributed by atoms with van der Waals surface area (Å²) in [5.41, 5.74) is 1.46. The number of hydrogen-bond donors (Lipinski definition) is 1. The van der Waals surface area contributed by atoms with Gasteiger partial charge >= 0.3 is 0 Å². The van der Waals surface area contributed by atoms with E-state index in [1.54, 1.807) is 24.5 Å². The van der Waals surface area contributed by atoms with E-state index in [9.17, 15) is 4.79 Å².